The molecule has 92 valence electrons. The van der Waals surface area contributed by atoms with Gasteiger partial charge in [-0.3, -0.25) is 0 Å². The molecule has 2 nitrogen and oxygen atoms in total. The predicted octanol–water partition coefficient (Wildman–Crippen LogP) is 2.77. The molecule has 2 rings (SSSR count). The molecule has 0 spiro atoms. The molecular formula is C14H24O2. The Balaban J connectivity index is 1.93. The zero-order chi connectivity index (χ0) is 11.5. The van der Waals surface area contributed by atoms with Crippen LogP contribution in [0.5, 0.6) is 0 Å². The molecule has 1 aliphatic heterocycles. The molecule has 0 aromatic heterocycles. The first-order valence-corrected chi connectivity index (χ1v) is 6.60. The third-order valence-electron chi connectivity index (χ3n) is 3.99. The molecule has 0 bridgehead atoms. The average molecular weight is 224 g/mol. The summed E-state index contributed by atoms with van der Waals surface area (Å²) in [4.78, 5) is 0. The fraction of sp³-hybridized carbons (Fsp3) is 0.857. The van der Waals surface area contributed by atoms with Gasteiger partial charge in [0.1, 0.15) is 0 Å². The maximum absolute atomic E-state index is 10.4. The fourth-order valence-corrected chi connectivity index (χ4v) is 3.28. The monoisotopic (exact) mass is 224 g/mol. The Hall–Kier alpha value is -0.340. The summed E-state index contributed by atoms with van der Waals surface area (Å²) in [6.45, 7) is 6.07. The van der Waals surface area contributed by atoms with Crippen LogP contribution in [0.4, 0.5) is 0 Å². The van der Waals surface area contributed by atoms with Crippen molar-refractivity contribution >= 4 is 0 Å². The smallest absolute Gasteiger partial charge is 0.0621 e. The van der Waals surface area contributed by atoms with Crippen molar-refractivity contribution in [2.45, 2.75) is 45.6 Å². The van der Waals surface area contributed by atoms with Gasteiger partial charge in [-0.15, -0.1) is 0 Å². The SMILES string of the molecule is CC1=CC(C)CC(C(O)C2CCCOC2)C1. The van der Waals surface area contributed by atoms with Crippen LogP contribution in [-0.4, -0.2) is 24.4 Å². The normalized spacial score (nSPS) is 37.9. The Morgan fingerprint density at radius 3 is 2.88 bits per heavy atom. The minimum absolute atomic E-state index is 0.161. The first-order valence-electron chi connectivity index (χ1n) is 6.60. The highest BCUT2D eigenvalue weighted by atomic mass is 16.5. The van der Waals surface area contributed by atoms with Crippen LogP contribution < -0.4 is 0 Å². The molecule has 16 heavy (non-hydrogen) atoms. The third-order valence-corrected chi connectivity index (χ3v) is 3.99. The number of rotatable bonds is 2. The van der Waals surface area contributed by atoms with Gasteiger partial charge in [0.05, 0.1) is 12.7 Å². The molecule has 0 aromatic rings. The van der Waals surface area contributed by atoms with Gasteiger partial charge in [0, 0.05) is 12.5 Å². The summed E-state index contributed by atoms with van der Waals surface area (Å²) < 4.78 is 5.47. The largest absolute Gasteiger partial charge is 0.392 e. The molecule has 2 aliphatic rings. The van der Waals surface area contributed by atoms with Gasteiger partial charge in [-0.05, 0) is 44.4 Å². The Morgan fingerprint density at radius 1 is 1.44 bits per heavy atom. The van der Waals surface area contributed by atoms with E-state index in [4.69, 9.17) is 4.74 Å². The number of hydrogen-bond donors (Lipinski definition) is 1. The highest BCUT2D eigenvalue weighted by Crippen LogP contribution is 2.34. The van der Waals surface area contributed by atoms with Crippen molar-refractivity contribution in [2.75, 3.05) is 13.2 Å². The van der Waals surface area contributed by atoms with E-state index in [1.807, 2.05) is 0 Å². The lowest BCUT2D eigenvalue weighted by Crippen LogP contribution is -2.36. The standard InChI is InChI=1S/C14H24O2/c1-10-6-11(2)8-13(7-10)14(15)12-4-3-5-16-9-12/h6,10,12-15H,3-5,7-9H2,1-2H3. The topological polar surface area (TPSA) is 29.5 Å². The van der Waals surface area contributed by atoms with Gasteiger partial charge in [0.15, 0.2) is 0 Å². The second-order valence-electron chi connectivity index (χ2n) is 5.66. The van der Waals surface area contributed by atoms with Crippen LogP contribution in [0.2, 0.25) is 0 Å². The number of allylic oxidation sites excluding steroid dienone is 2. The summed E-state index contributed by atoms with van der Waals surface area (Å²) in [6, 6.07) is 0. The quantitative estimate of drug-likeness (QED) is 0.731. The Kier molecular flexibility index (Phi) is 4.04. The number of ether oxygens (including phenoxy) is 1. The minimum Gasteiger partial charge on any atom is -0.392 e. The summed E-state index contributed by atoms with van der Waals surface area (Å²) in [5.41, 5.74) is 1.44. The number of aliphatic hydroxyl groups excluding tert-OH is 1. The van der Waals surface area contributed by atoms with Crippen molar-refractivity contribution < 1.29 is 9.84 Å². The summed E-state index contributed by atoms with van der Waals surface area (Å²) >= 11 is 0. The van der Waals surface area contributed by atoms with Crippen LogP contribution in [0.15, 0.2) is 11.6 Å². The van der Waals surface area contributed by atoms with Crippen LogP contribution in [0.3, 0.4) is 0 Å². The number of hydrogen-bond acceptors (Lipinski definition) is 2. The Morgan fingerprint density at radius 2 is 2.25 bits per heavy atom. The van der Waals surface area contributed by atoms with Gasteiger partial charge in [0.2, 0.25) is 0 Å². The van der Waals surface area contributed by atoms with Crippen molar-refractivity contribution in [3.05, 3.63) is 11.6 Å². The first-order chi connectivity index (χ1) is 7.66. The van der Waals surface area contributed by atoms with E-state index in [0.717, 1.165) is 38.9 Å². The summed E-state index contributed by atoms with van der Waals surface area (Å²) in [7, 11) is 0. The Bertz CT molecular complexity index is 253. The second-order valence-corrected chi connectivity index (χ2v) is 5.66. The van der Waals surface area contributed by atoms with E-state index in [-0.39, 0.29) is 6.10 Å². The molecule has 1 N–H and O–H groups in total. The van der Waals surface area contributed by atoms with Crippen molar-refractivity contribution in [3.8, 4) is 0 Å². The molecule has 1 saturated heterocycles. The zero-order valence-corrected chi connectivity index (χ0v) is 10.5. The molecule has 4 unspecified atom stereocenters. The molecule has 1 fully saturated rings. The van der Waals surface area contributed by atoms with Gasteiger partial charge in [-0.25, -0.2) is 0 Å². The van der Waals surface area contributed by atoms with E-state index in [2.05, 4.69) is 19.9 Å². The average Bonchev–Trinajstić information content (AvgIpc) is 2.28. The Labute approximate surface area is 98.7 Å². The van der Waals surface area contributed by atoms with Crippen LogP contribution in [0, 0.1) is 17.8 Å². The van der Waals surface area contributed by atoms with Gasteiger partial charge < -0.3 is 9.84 Å². The van der Waals surface area contributed by atoms with Crippen LogP contribution >= 0.6 is 0 Å². The van der Waals surface area contributed by atoms with E-state index in [9.17, 15) is 5.11 Å². The van der Waals surface area contributed by atoms with E-state index < -0.39 is 0 Å². The molecular weight excluding hydrogens is 200 g/mol. The van der Waals surface area contributed by atoms with Crippen molar-refractivity contribution in [3.63, 3.8) is 0 Å². The van der Waals surface area contributed by atoms with E-state index in [1.165, 1.54) is 5.57 Å². The summed E-state index contributed by atoms with van der Waals surface area (Å²) in [5.74, 6) is 1.45. The highest BCUT2D eigenvalue weighted by Gasteiger charge is 2.31. The van der Waals surface area contributed by atoms with Crippen LogP contribution in [-0.2, 0) is 4.74 Å². The minimum atomic E-state index is -0.161. The van der Waals surface area contributed by atoms with Gasteiger partial charge in [0.25, 0.3) is 0 Å². The van der Waals surface area contributed by atoms with Crippen molar-refractivity contribution in [1.82, 2.24) is 0 Å². The van der Waals surface area contributed by atoms with Gasteiger partial charge in [-0.2, -0.15) is 0 Å². The summed E-state index contributed by atoms with van der Waals surface area (Å²) in [5, 5.41) is 10.4. The lowest BCUT2D eigenvalue weighted by molar-refractivity contribution is -0.0372. The van der Waals surface area contributed by atoms with E-state index >= 15 is 0 Å². The van der Waals surface area contributed by atoms with Gasteiger partial charge in [-0.1, -0.05) is 18.6 Å². The lowest BCUT2D eigenvalue weighted by Gasteiger charge is -2.35. The number of aliphatic hydroxyl groups is 1. The molecule has 0 saturated carbocycles. The molecule has 2 heteroatoms. The molecule has 4 atom stereocenters. The van der Waals surface area contributed by atoms with Crippen molar-refractivity contribution in [2.24, 2.45) is 17.8 Å². The van der Waals surface area contributed by atoms with E-state index in [0.29, 0.717) is 17.8 Å². The molecule has 0 aromatic carbocycles. The lowest BCUT2D eigenvalue weighted by atomic mass is 9.76. The first kappa shape index (κ1) is 12.1. The molecule has 1 aliphatic carbocycles. The zero-order valence-electron chi connectivity index (χ0n) is 10.5. The van der Waals surface area contributed by atoms with E-state index in [1.54, 1.807) is 0 Å². The second kappa shape index (κ2) is 5.33. The highest BCUT2D eigenvalue weighted by molar-refractivity contribution is 5.07. The van der Waals surface area contributed by atoms with Crippen molar-refractivity contribution in [1.29, 1.82) is 0 Å². The predicted molar refractivity (Wildman–Crippen MR) is 65.2 cm³/mol. The third kappa shape index (κ3) is 2.86. The maximum Gasteiger partial charge on any atom is 0.0621 e. The molecule has 0 amide bonds. The van der Waals surface area contributed by atoms with Crippen LogP contribution in [0.25, 0.3) is 0 Å². The fourth-order valence-electron chi connectivity index (χ4n) is 3.28. The van der Waals surface area contributed by atoms with Crippen LogP contribution in [0.1, 0.15) is 39.5 Å². The van der Waals surface area contributed by atoms with Gasteiger partial charge >= 0.3 is 0 Å². The summed E-state index contributed by atoms with van der Waals surface area (Å²) in [6.07, 6.45) is 6.64. The molecule has 1 heterocycles. The maximum atomic E-state index is 10.4. The molecule has 0 radical (unpaired) electrons.